The lowest BCUT2D eigenvalue weighted by atomic mass is 9.86. The molecule has 0 spiro atoms. The fourth-order valence-electron chi connectivity index (χ4n) is 2.80. The summed E-state index contributed by atoms with van der Waals surface area (Å²) in [5.41, 5.74) is 1.26. The molecule has 0 amide bonds. The van der Waals surface area contributed by atoms with Crippen LogP contribution in [0.4, 0.5) is 0 Å². The molecule has 2 heterocycles. The van der Waals surface area contributed by atoms with Gasteiger partial charge in [-0.15, -0.1) is 0 Å². The molecule has 3 rings (SSSR count). The molecular weight excluding hydrogens is 256 g/mol. The lowest BCUT2D eigenvalue weighted by Crippen LogP contribution is -2.22. The number of hydrogen-bond donors (Lipinski definition) is 0. The maximum atomic E-state index is 5.94. The molecule has 15 heavy (non-hydrogen) atoms. The summed E-state index contributed by atoms with van der Waals surface area (Å²) in [6, 6.07) is 0. The highest BCUT2D eigenvalue weighted by atomic mass is 79.9. The molecule has 1 saturated heterocycles. The Hall–Kier alpha value is -0.350. The Morgan fingerprint density at radius 1 is 1.67 bits per heavy atom. The van der Waals surface area contributed by atoms with E-state index in [9.17, 15) is 0 Å². The van der Waals surface area contributed by atoms with Crippen molar-refractivity contribution in [2.45, 2.75) is 50.9 Å². The van der Waals surface area contributed by atoms with Crippen LogP contribution < -0.4 is 0 Å². The van der Waals surface area contributed by atoms with Gasteiger partial charge in [-0.1, -0.05) is 6.42 Å². The number of rotatable bonds is 2. The van der Waals surface area contributed by atoms with Gasteiger partial charge in [-0.25, -0.2) is 0 Å². The van der Waals surface area contributed by atoms with Crippen molar-refractivity contribution in [2.75, 3.05) is 0 Å². The monoisotopic (exact) mass is 270 g/mol. The van der Waals surface area contributed by atoms with Crippen LogP contribution in [0.5, 0.6) is 0 Å². The predicted octanol–water partition coefficient (Wildman–Crippen LogP) is 2.83. The van der Waals surface area contributed by atoms with Gasteiger partial charge in [-0.05, 0) is 42.1 Å². The maximum absolute atomic E-state index is 5.94. The van der Waals surface area contributed by atoms with E-state index in [0.717, 1.165) is 17.4 Å². The summed E-state index contributed by atoms with van der Waals surface area (Å²) in [6.07, 6.45) is 7.29. The Morgan fingerprint density at radius 3 is 3.27 bits per heavy atom. The third-order valence-corrected chi connectivity index (χ3v) is 4.16. The molecule has 0 N–H and O–H groups in total. The molecule has 1 aliphatic carbocycles. The second-order valence-electron chi connectivity index (χ2n) is 4.40. The third-order valence-electron chi connectivity index (χ3n) is 3.58. The largest absolute Gasteiger partial charge is 0.359 e. The van der Waals surface area contributed by atoms with Gasteiger partial charge in [-0.3, -0.25) is 4.68 Å². The summed E-state index contributed by atoms with van der Waals surface area (Å²) >= 11 is 3.59. The first kappa shape index (κ1) is 9.85. The lowest BCUT2D eigenvalue weighted by Gasteiger charge is -2.18. The highest BCUT2D eigenvalue weighted by molar-refractivity contribution is 9.10. The molecule has 82 valence electrons. The Bertz CT molecular complexity index is 390. The van der Waals surface area contributed by atoms with Gasteiger partial charge >= 0.3 is 0 Å². The Kier molecular flexibility index (Phi) is 2.18. The zero-order chi connectivity index (χ0) is 10.5. The Labute approximate surface area is 97.9 Å². The first-order chi connectivity index (χ1) is 7.28. The van der Waals surface area contributed by atoms with Crippen LogP contribution in [0.25, 0.3) is 0 Å². The van der Waals surface area contributed by atoms with Crippen molar-refractivity contribution < 1.29 is 4.74 Å². The zero-order valence-electron chi connectivity index (χ0n) is 8.87. The predicted molar refractivity (Wildman–Crippen MR) is 60.6 cm³/mol. The van der Waals surface area contributed by atoms with Crippen molar-refractivity contribution >= 4 is 15.9 Å². The maximum Gasteiger partial charge on any atom is 0.137 e. The molecular formula is C11H15BrN2O. The Balaban J connectivity index is 2.01. The third kappa shape index (κ3) is 1.31. The van der Waals surface area contributed by atoms with Gasteiger partial charge in [0.05, 0.1) is 22.5 Å². The van der Waals surface area contributed by atoms with Gasteiger partial charge in [0.15, 0.2) is 0 Å². The standard InChI is InChI=1S/C11H15BrN2O/c1-2-14-10(8(12)7-13-14)11-6-4-3-5-9(11)15-11/h7,9H,2-6H2,1H3/t9-,11-/m0/s1. The summed E-state index contributed by atoms with van der Waals surface area (Å²) in [4.78, 5) is 0. The molecule has 4 heteroatoms. The highest BCUT2D eigenvalue weighted by Gasteiger charge is 2.60. The number of ether oxygens (including phenoxy) is 1. The van der Waals surface area contributed by atoms with E-state index in [0.29, 0.717) is 6.10 Å². The van der Waals surface area contributed by atoms with Gasteiger partial charge in [-0.2, -0.15) is 5.10 Å². The number of fused-ring (bicyclic) bond motifs is 1. The summed E-state index contributed by atoms with van der Waals surface area (Å²) < 4.78 is 9.11. The average Bonchev–Trinajstić information content (AvgIpc) is 2.87. The highest BCUT2D eigenvalue weighted by Crippen LogP contribution is 2.56. The minimum atomic E-state index is 0.00356. The average molecular weight is 271 g/mol. The fraction of sp³-hybridized carbons (Fsp3) is 0.727. The first-order valence-corrected chi connectivity index (χ1v) is 6.47. The summed E-state index contributed by atoms with van der Waals surface area (Å²) in [6.45, 7) is 3.04. The first-order valence-electron chi connectivity index (χ1n) is 5.67. The van der Waals surface area contributed by atoms with Gasteiger partial charge in [0.1, 0.15) is 5.60 Å². The van der Waals surface area contributed by atoms with Crippen LogP contribution in [0.1, 0.15) is 38.3 Å². The Morgan fingerprint density at radius 2 is 2.53 bits per heavy atom. The van der Waals surface area contributed by atoms with E-state index in [1.807, 2.05) is 6.20 Å². The lowest BCUT2D eigenvalue weighted by molar-refractivity contribution is 0.274. The summed E-state index contributed by atoms with van der Waals surface area (Å²) in [5.74, 6) is 0. The van der Waals surface area contributed by atoms with Crippen molar-refractivity contribution in [2.24, 2.45) is 0 Å². The summed E-state index contributed by atoms with van der Waals surface area (Å²) in [7, 11) is 0. The molecule has 1 saturated carbocycles. The second kappa shape index (κ2) is 3.32. The normalized spacial score (nSPS) is 33.9. The van der Waals surface area contributed by atoms with Gasteiger partial charge in [0.25, 0.3) is 0 Å². The molecule has 1 aromatic rings. The molecule has 0 bridgehead atoms. The van der Waals surface area contributed by atoms with E-state index in [1.54, 1.807) is 0 Å². The van der Waals surface area contributed by atoms with Crippen LogP contribution >= 0.6 is 15.9 Å². The smallest absolute Gasteiger partial charge is 0.137 e. The number of aryl methyl sites for hydroxylation is 1. The second-order valence-corrected chi connectivity index (χ2v) is 5.25. The van der Waals surface area contributed by atoms with Crippen LogP contribution in [-0.2, 0) is 16.9 Å². The van der Waals surface area contributed by atoms with Crippen molar-refractivity contribution in [3.05, 3.63) is 16.4 Å². The van der Waals surface area contributed by atoms with Crippen molar-refractivity contribution in [1.29, 1.82) is 0 Å². The fourth-order valence-corrected chi connectivity index (χ4v) is 3.43. The molecule has 0 aromatic carbocycles. The quantitative estimate of drug-likeness (QED) is 0.774. The minimum absolute atomic E-state index is 0.00356. The number of halogens is 1. The van der Waals surface area contributed by atoms with E-state index >= 15 is 0 Å². The van der Waals surface area contributed by atoms with Crippen LogP contribution in [-0.4, -0.2) is 15.9 Å². The SMILES string of the molecule is CCn1ncc(Br)c1[C@]12CCCC[C@@H]1O2. The molecule has 0 radical (unpaired) electrons. The number of nitrogens with zero attached hydrogens (tertiary/aromatic N) is 2. The van der Waals surface area contributed by atoms with Crippen LogP contribution in [0.15, 0.2) is 10.7 Å². The molecule has 0 unspecified atom stereocenters. The summed E-state index contributed by atoms with van der Waals surface area (Å²) in [5, 5.41) is 4.37. The number of hydrogen-bond acceptors (Lipinski definition) is 2. The van der Waals surface area contributed by atoms with Crippen LogP contribution in [0.2, 0.25) is 0 Å². The van der Waals surface area contributed by atoms with E-state index in [-0.39, 0.29) is 5.60 Å². The van der Waals surface area contributed by atoms with Gasteiger partial charge in [0, 0.05) is 6.54 Å². The van der Waals surface area contributed by atoms with E-state index in [2.05, 4.69) is 32.6 Å². The molecule has 1 aromatic heterocycles. The topological polar surface area (TPSA) is 30.4 Å². The van der Waals surface area contributed by atoms with E-state index in [1.165, 1.54) is 25.0 Å². The van der Waals surface area contributed by atoms with Crippen molar-refractivity contribution in [3.63, 3.8) is 0 Å². The molecule has 2 fully saturated rings. The van der Waals surface area contributed by atoms with Crippen molar-refractivity contribution in [1.82, 2.24) is 9.78 Å². The molecule has 2 atom stereocenters. The molecule has 1 aliphatic heterocycles. The van der Waals surface area contributed by atoms with Gasteiger partial charge in [0.2, 0.25) is 0 Å². The van der Waals surface area contributed by atoms with Crippen LogP contribution in [0, 0.1) is 0 Å². The van der Waals surface area contributed by atoms with E-state index in [4.69, 9.17) is 4.74 Å². The van der Waals surface area contributed by atoms with Crippen molar-refractivity contribution in [3.8, 4) is 0 Å². The minimum Gasteiger partial charge on any atom is -0.359 e. The number of epoxide rings is 1. The molecule has 3 nitrogen and oxygen atoms in total. The zero-order valence-corrected chi connectivity index (χ0v) is 10.5. The molecule has 2 aliphatic rings. The number of aromatic nitrogens is 2. The van der Waals surface area contributed by atoms with Gasteiger partial charge < -0.3 is 4.74 Å². The van der Waals surface area contributed by atoms with E-state index < -0.39 is 0 Å². The van der Waals surface area contributed by atoms with Crippen LogP contribution in [0.3, 0.4) is 0 Å².